The van der Waals surface area contributed by atoms with Gasteiger partial charge in [0.25, 0.3) is 0 Å². The molecule has 0 fully saturated rings. The first-order chi connectivity index (χ1) is 39.0. The van der Waals surface area contributed by atoms with Gasteiger partial charge in [0.15, 0.2) is 6.10 Å². The molecule has 0 spiro atoms. The molecule has 79 heavy (non-hydrogen) atoms. The highest BCUT2D eigenvalue weighted by Gasteiger charge is 2.19. The quantitative estimate of drug-likeness (QED) is 0.0261. The Labute approximate surface area is 491 Å². The van der Waals surface area contributed by atoms with Crippen LogP contribution in [0.25, 0.3) is 0 Å². The highest BCUT2D eigenvalue weighted by Crippen LogP contribution is 2.17. The fourth-order valence-electron chi connectivity index (χ4n) is 10.0. The summed E-state index contributed by atoms with van der Waals surface area (Å²) in [6.07, 6.45) is 87.9. The molecule has 0 aromatic carbocycles. The number of unbranched alkanes of at least 4 members (excludes halogenated alkanes) is 40. The SMILES string of the molecule is CC/C=C\C/C=C\C/C=C\CCCCCCCC(=O)OC(COC(=O)CCCCCCC/C=C\CCCCCCCC)COC(=O)CCCCCCCCCCCCCCCCCCCCC/C=C\C/C=C\CCCCCCC. The van der Waals surface area contributed by atoms with Gasteiger partial charge in [0.05, 0.1) is 0 Å². The van der Waals surface area contributed by atoms with Gasteiger partial charge < -0.3 is 14.2 Å². The summed E-state index contributed by atoms with van der Waals surface area (Å²) in [4.78, 5) is 38.3. The van der Waals surface area contributed by atoms with E-state index in [1.165, 1.54) is 205 Å². The monoisotopic (exact) mass is 1100 g/mol. The van der Waals surface area contributed by atoms with E-state index in [1.807, 2.05) is 0 Å². The van der Waals surface area contributed by atoms with Crippen molar-refractivity contribution in [3.8, 4) is 0 Å². The molecule has 6 nitrogen and oxygen atoms in total. The van der Waals surface area contributed by atoms with Crippen LogP contribution in [-0.4, -0.2) is 37.2 Å². The van der Waals surface area contributed by atoms with E-state index in [-0.39, 0.29) is 31.1 Å². The van der Waals surface area contributed by atoms with Gasteiger partial charge in [0.1, 0.15) is 13.2 Å². The zero-order chi connectivity index (χ0) is 57.1. The molecule has 1 unspecified atom stereocenters. The van der Waals surface area contributed by atoms with Gasteiger partial charge in [0, 0.05) is 19.3 Å². The average molecular weight is 1100 g/mol. The lowest BCUT2D eigenvalue weighted by atomic mass is 10.0. The second kappa shape index (κ2) is 67.4. The number of ether oxygens (including phenoxy) is 3. The van der Waals surface area contributed by atoms with Crippen molar-refractivity contribution in [3.63, 3.8) is 0 Å². The summed E-state index contributed by atoms with van der Waals surface area (Å²) in [5.41, 5.74) is 0. The van der Waals surface area contributed by atoms with Gasteiger partial charge in [-0.25, -0.2) is 0 Å². The Balaban J connectivity index is 4.19. The van der Waals surface area contributed by atoms with Gasteiger partial charge in [-0.15, -0.1) is 0 Å². The topological polar surface area (TPSA) is 78.9 Å². The molecule has 458 valence electrons. The zero-order valence-corrected chi connectivity index (χ0v) is 52.6. The smallest absolute Gasteiger partial charge is 0.306 e. The molecular weight excluding hydrogens is 973 g/mol. The van der Waals surface area contributed by atoms with Crippen LogP contribution in [0.1, 0.15) is 355 Å². The summed E-state index contributed by atoms with van der Waals surface area (Å²) in [5, 5.41) is 0. The predicted molar refractivity (Wildman–Crippen MR) is 344 cm³/mol. The van der Waals surface area contributed by atoms with Gasteiger partial charge in [-0.05, 0) is 109 Å². The van der Waals surface area contributed by atoms with Gasteiger partial charge in [0.2, 0.25) is 0 Å². The fraction of sp³-hybridized carbons (Fsp3) is 0.795. The number of allylic oxidation sites excluding steroid dienone is 12. The van der Waals surface area contributed by atoms with E-state index in [0.717, 1.165) is 109 Å². The molecule has 6 heteroatoms. The number of rotatable bonds is 63. The van der Waals surface area contributed by atoms with Crippen LogP contribution in [0, 0.1) is 0 Å². The fourth-order valence-corrected chi connectivity index (χ4v) is 10.0. The molecule has 0 aliphatic rings. The van der Waals surface area contributed by atoms with E-state index in [4.69, 9.17) is 14.2 Å². The highest BCUT2D eigenvalue weighted by atomic mass is 16.6. The van der Waals surface area contributed by atoms with Gasteiger partial charge in [-0.2, -0.15) is 0 Å². The molecule has 0 amide bonds. The molecule has 0 radical (unpaired) electrons. The van der Waals surface area contributed by atoms with Crippen molar-refractivity contribution >= 4 is 17.9 Å². The van der Waals surface area contributed by atoms with Crippen molar-refractivity contribution in [3.05, 3.63) is 72.9 Å². The van der Waals surface area contributed by atoms with Crippen LogP contribution in [-0.2, 0) is 28.6 Å². The van der Waals surface area contributed by atoms with Crippen molar-refractivity contribution in [1.29, 1.82) is 0 Å². The van der Waals surface area contributed by atoms with E-state index >= 15 is 0 Å². The number of hydrogen-bond acceptors (Lipinski definition) is 6. The molecule has 0 aromatic rings. The van der Waals surface area contributed by atoms with Crippen molar-refractivity contribution in [1.82, 2.24) is 0 Å². The third-order valence-electron chi connectivity index (χ3n) is 15.2. The molecule has 0 aromatic heterocycles. The summed E-state index contributed by atoms with van der Waals surface area (Å²) in [5.74, 6) is -0.891. The van der Waals surface area contributed by atoms with Crippen LogP contribution in [0.3, 0.4) is 0 Å². The van der Waals surface area contributed by atoms with Gasteiger partial charge >= 0.3 is 17.9 Å². The summed E-state index contributed by atoms with van der Waals surface area (Å²) in [6.45, 7) is 6.53. The van der Waals surface area contributed by atoms with E-state index < -0.39 is 6.10 Å². The molecule has 0 bridgehead atoms. The Hall–Kier alpha value is -3.15. The normalized spacial score (nSPS) is 12.5. The third-order valence-corrected chi connectivity index (χ3v) is 15.2. The summed E-state index contributed by atoms with van der Waals surface area (Å²) < 4.78 is 16.9. The number of hydrogen-bond donors (Lipinski definition) is 0. The molecular formula is C73H130O6. The number of carbonyl (C=O) groups is 3. The number of esters is 3. The van der Waals surface area contributed by atoms with Crippen molar-refractivity contribution in [2.45, 2.75) is 361 Å². The standard InChI is InChI=1S/C73H130O6/c1-4-7-10-13-16-19-22-25-28-29-30-31-32-33-34-35-36-37-38-39-40-41-42-43-46-48-51-54-57-60-63-66-72(75)78-69-70(79-73(76)67-64-61-58-55-52-49-45-27-24-21-18-15-12-9-6-3)68-77-71(74)65-62-59-56-53-50-47-44-26-23-20-17-14-11-8-5-2/h9,12,18,21-22,25-27,29-30,44-45,70H,4-8,10-11,13-17,19-20,23-24,28,31-43,46-69H2,1-3H3/b12-9-,21-18-,25-22-,30-29-,44-26-,45-27-. The molecule has 0 saturated carbocycles. The first kappa shape index (κ1) is 75.8. The Morgan fingerprint density at radius 1 is 0.266 bits per heavy atom. The molecule has 1 atom stereocenters. The van der Waals surface area contributed by atoms with E-state index in [2.05, 4.69) is 93.7 Å². The lowest BCUT2D eigenvalue weighted by molar-refractivity contribution is -0.167. The van der Waals surface area contributed by atoms with Crippen LogP contribution < -0.4 is 0 Å². The molecule has 0 N–H and O–H groups in total. The van der Waals surface area contributed by atoms with Crippen molar-refractivity contribution in [2.24, 2.45) is 0 Å². The van der Waals surface area contributed by atoms with E-state index in [0.29, 0.717) is 19.3 Å². The molecule has 0 heterocycles. The van der Waals surface area contributed by atoms with E-state index in [9.17, 15) is 14.4 Å². The minimum absolute atomic E-state index is 0.0821. The Kier molecular flexibility index (Phi) is 64.7. The molecule has 0 rings (SSSR count). The first-order valence-electron chi connectivity index (χ1n) is 34.4. The van der Waals surface area contributed by atoms with Crippen molar-refractivity contribution < 1.29 is 28.6 Å². The maximum atomic E-state index is 12.9. The lowest BCUT2D eigenvalue weighted by Gasteiger charge is -2.18. The number of carbonyl (C=O) groups excluding carboxylic acids is 3. The van der Waals surface area contributed by atoms with Crippen LogP contribution in [0.5, 0.6) is 0 Å². The Morgan fingerprint density at radius 2 is 0.494 bits per heavy atom. The zero-order valence-electron chi connectivity index (χ0n) is 52.6. The van der Waals surface area contributed by atoms with Crippen LogP contribution >= 0.6 is 0 Å². The Morgan fingerprint density at radius 3 is 0.785 bits per heavy atom. The van der Waals surface area contributed by atoms with Gasteiger partial charge in [-0.1, -0.05) is 299 Å². The first-order valence-corrected chi connectivity index (χ1v) is 34.4. The molecule has 0 aliphatic heterocycles. The molecule has 0 aliphatic carbocycles. The minimum atomic E-state index is -0.788. The van der Waals surface area contributed by atoms with Crippen molar-refractivity contribution in [2.75, 3.05) is 13.2 Å². The Bertz CT molecular complexity index is 1450. The second-order valence-corrected chi connectivity index (χ2v) is 23.1. The average Bonchev–Trinajstić information content (AvgIpc) is 3.45. The van der Waals surface area contributed by atoms with Crippen LogP contribution in [0.15, 0.2) is 72.9 Å². The maximum Gasteiger partial charge on any atom is 0.306 e. The maximum absolute atomic E-state index is 12.9. The van der Waals surface area contributed by atoms with Crippen LogP contribution in [0.2, 0.25) is 0 Å². The molecule has 0 saturated heterocycles. The van der Waals surface area contributed by atoms with Gasteiger partial charge in [-0.3, -0.25) is 14.4 Å². The highest BCUT2D eigenvalue weighted by molar-refractivity contribution is 5.71. The largest absolute Gasteiger partial charge is 0.462 e. The second-order valence-electron chi connectivity index (χ2n) is 23.1. The lowest BCUT2D eigenvalue weighted by Crippen LogP contribution is -2.30. The van der Waals surface area contributed by atoms with E-state index in [1.54, 1.807) is 0 Å². The summed E-state index contributed by atoms with van der Waals surface area (Å²) >= 11 is 0. The predicted octanol–water partition coefficient (Wildman–Crippen LogP) is 23.7. The third kappa shape index (κ3) is 65.5. The summed E-state index contributed by atoms with van der Waals surface area (Å²) in [7, 11) is 0. The van der Waals surface area contributed by atoms with Crippen LogP contribution in [0.4, 0.5) is 0 Å². The minimum Gasteiger partial charge on any atom is -0.462 e. The summed E-state index contributed by atoms with van der Waals surface area (Å²) in [6, 6.07) is 0.